The van der Waals surface area contributed by atoms with E-state index in [4.69, 9.17) is 13.9 Å². The Hall–Kier alpha value is -3.95. The van der Waals surface area contributed by atoms with E-state index in [9.17, 15) is 22.8 Å². The van der Waals surface area contributed by atoms with Gasteiger partial charge in [0.15, 0.2) is 17.3 Å². The van der Waals surface area contributed by atoms with Gasteiger partial charge in [-0.2, -0.15) is 13.2 Å². The number of halogens is 3. The number of benzene rings is 2. The number of alkyl halides is 3. The molecule has 0 saturated heterocycles. The molecule has 3 aromatic rings. The van der Waals surface area contributed by atoms with Crippen molar-refractivity contribution in [3.05, 3.63) is 71.7 Å². The van der Waals surface area contributed by atoms with E-state index >= 15 is 0 Å². The molecule has 2 heterocycles. The summed E-state index contributed by atoms with van der Waals surface area (Å²) in [4.78, 5) is 24.6. The molecular weight excluding hydrogens is 405 g/mol. The number of carbonyl (C=O) groups excluding carboxylic acids is 2. The van der Waals surface area contributed by atoms with Gasteiger partial charge in [0.25, 0.3) is 11.8 Å². The highest BCUT2D eigenvalue weighted by Gasteiger charge is 2.35. The number of para-hydroxylation sites is 1. The van der Waals surface area contributed by atoms with Crippen LogP contribution < -0.4 is 20.1 Å². The van der Waals surface area contributed by atoms with Crippen LogP contribution in [0.25, 0.3) is 0 Å². The fraction of sp³-hybridized carbons (Fsp3) is 0.100. The first-order valence-corrected chi connectivity index (χ1v) is 8.59. The first kappa shape index (κ1) is 19.4. The zero-order valence-electron chi connectivity index (χ0n) is 15.1. The van der Waals surface area contributed by atoms with Gasteiger partial charge in [-0.3, -0.25) is 9.59 Å². The number of furan rings is 1. The van der Waals surface area contributed by atoms with E-state index < -0.39 is 29.2 Å². The van der Waals surface area contributed by atoms with Gasteiger partial charge < -0.3 is 24.5 Å². The Kier molecular flexibility index (Phi) is 4.82. The molecular formula is C20H13F3N2O5. The average Bonchev–Trinajstić information content (AvgIpc) is 3.39. The SMILES string of the molecule is O=C(Nc1ccc(NC(=O)c2cccc3c2OCO3)c(C(F)(F)F)c1)c1ccco1. The molecule has 0 unspecified atom stereocenters. The molecule has 7 nitrogen and oxygen atoms in total. The summed E-state index contributed by atoms with van der Waals surface area (Å²) < 4.78 is 56.1. The van der Waals surface area contributed by atoms with Gasteiger partial charge in [0.2, 0.25) is 6.79 Å². The van der Waals surface area contributed by atoms with Crippen molar-refractivity contribution < 1.29 is 36.7 Å². The molecule has 2 aromatic carbocycles. The van der Waals surface area contributed by atoms with E-state index in [1.54, 1.807) is 6.07 Å². The zero-order valence-corrected chi connectivity index (χ0v) is 15.1. The minimum atomic E-state index is -4.79. The highest BCUT2D eigenvalue weighted by Crippen LogP contribution is 2.39. The zero-order chi connectivity index (χ0) is 21.3. The van der Waals surface area contributed by atoms with Gasteiger partial charge >= 0.3 is 6.18 Å². The molecule has 0 spiro atoms. The monoisotopic (exact) mass is 418 g/mol. The number of rotatable bonds is 4. The van der Waals surface area contributed by atoms with Gasteiger partial charge in [-0.1, -0.05) is 6.07 Å². The van der Waals surface area contributed by atoms with Crippen molar-refractivity contribution in [2.75, 3.05) is 17.4 Å². The number of nitrogens with one attached hydrogen (secondary N) is 2. The highest BCUT2D eigenvalue weighted by molar-refractivity contribution is 6.07. The summed E-state index contributed by atoms with van der Waals surface area (Å²) in [5.74, 6) is -1.07. The van der Waals surface area contributed by atoms with Gasteiger partial charge in [0, 0.05) is 5.69 Å². The predicted molar refractivity (Wildman–Crippen MR) is 98.6 cm³/mol. The lowest BCUT2D eigenvalue weighted by Gasteiger charge is -2.16. The second-order valence-electron chi connectivity index (χ2n) is 6.18. The van der Waals surface area contributed by atoms with Crippen LogP contribution in [-0.4, -0.2) is 18.6 Å². The molecule has 30 heavy (non-hydrogen) atoms. The molecule has 10 heteroatoms. The van der Waals surface area contributed by atoms with Crippen LogP contribution in [0.4, 0.5) is 24.5 Å². The van der Waals surface area contributed by atoms with E-state index in [1.165, 1.54) is 36.6 Å². The molecule has 0 saturated carbocycles. The van der Waals surface area contributed by atoms with Crippen LogP contribution in [0.3, 0.4) is 0 Å². The van der Waals surface area contributed by atoms with Crippen LogP contribution in [0.2, 0.25) is 0 Å². The number of carbonyl (C=O) groups is 2. The number of hydrogen-bond acceptors (Lipinski definition) is 5. The minimum Gasteiger partial charge on any atom is -0.459 e. The van der Waals surface area contributed by atoms with E-state index in [-0.39, 0.29) is 29.6 Å². The third-order valence-corrected chi connectivity index (χ3v) is 4.22. The third-order valence-electron chi connectivity index (χ3n) is 4.22. The molecule has 2 N–H and O–H groups in total. The number of fused-ring (bicyclic) bond motifs is 1. The Morgan fingerprint density at radius 2 is 1.77 bits per heavy atom. The summed E-state index contributed by atoms with van der Waals surface area (Å²) >= 11 is 0. The topological polar surface area (TPSA) is 89.8 Å². The predicted octanol–water partition coefficient (Wildman–Crippen LogP) is 4.53. The first-order chi connectivity index (χ1) is 14.3. The van der Waals surface area contributed by atoms with Crippen molar-refractivity contribution in [2.45, 2.75) is 6.18 Å². The van der Waals surface area contributed by atoms with Crippen LogP contribution >= 0.6 is 0 Å². The van der Waals surface area contributed by atoms with Gasteiger partial charge in [0.05, 0.1) is 23.1 Å². The molecule has 0 fully saturated rings. The van der Waals surface area contributed by atoms with Gasteiger partial charge in [-0.15, -0.1) is 0 Å². The van der Waals surface area contributed by atoms with Crippen molar-refractivity contribution in [3.8, 4) is 11.5 Å². The molecule has 1 aromatic heterocycles. The van der Waals surface area contributed by atoms with E-state index in [2.05, 4.69) is 10.6 Å². The summed E-state index contributed by atoms with van der Waals surface area (Å²) in [7, 11) is 0. The second kappa shape index (κ2) is 7.47. The summed E-state index contributed by atoms with van der Waals surface area (Å²) in [6, 6.07) is 10.4. The Balaban J connectivity index is 1.61. The Labute approximate surface area is 167 Å². The summed E-state index contributed by atoms with van der Waals surface area (Å²) in [5.41, 5.74) is -1.68. The second-order valence-corrected chi connectivity index (χ2v) is 6.18. The van der Waals surface area contributed by atoms with E-state index in [0.717, 1.165) is 12.1 Å². The fourth-order valence-corrected chi connectivity index (χ4v) is 2.86. The van der Waals surface area contributed by atoms with Crippen LogP contribution in [0.15, 0.2) is 59.2 Å². The van der Waals surface area contributed by atoms with Crippen LogP contribution in [0.1, 0.15) is 26.5 Å². The number of ether oxygens (including phenoxy) is 2. The van der Waals surface area contributed by atoms with Crippen molar-refractivity contribution in [2.24, 2.45) is 0 Å². The summed E-state index contributed by atoms with van der Waals surface area (Å²) in [6.45, 7) is -0.0858. The molecule has 2 amide bonds. The molecule has 0 atom stereocenters. The summed E-state index contributed by atoms with van der Waals surface area (Å²) in [6.07, 6.45) is -3.52. The maximum Gasteiger partial charge on any atom is 0.418 e. The van der Waals surface area contributed by atoms with Crippen LogP contribution in [0.5, 0.6) is 11.5 Å². The largest absolute Gasteiger partial charge is 0.459 e. The molecule has 0 aliphatic carbocycles. The van der Waals surface area contributed by atoms with Gasteiger partial charge in [-0.05, 0) is 42.5 Å². The Bertz CT molecular complexity index is 1110. The smallest absolute Gasteiger partial charge is 0.418 e. The maximum absolute atomic E-state index is 13.6. The highest BCUT2D eigenvalue weighted by atomic mass is 19.4. The fourth-order valence-electron chi connectivity index (χ4n) is 2.86. The summed E-state index contributed by atoms with van der Waals surface area (Å²) in [5, 5.41) is 4.57. The van der Waals surface area contributed by atoms with E-state index in [0.29, 0.717) is 5.75 Å². The van der Waals surface area contributed by atoms with Crippen molar-refractivity contribution in [3.63, 3.8) is 0 Å². The lowest BCUT2D eigenvalue weighted by molar-refractivity contribution is -0.136. The van der Waals surface area contributed by atoms with Crippen LogP contribution in [-0.2, 0) is 6.18 Å². The van der Waals surface area contributed by atoms with Crippen molar-refractivity contribution >= 4 is 23.2 Å². The number of anilines is 2. The third kappa shape index (κ3) is 3.79. The normalized spacial score (nSPS) is 12.5. The molecule has 0 radical (unpaired) electrons. The number of hydrogen-bond donors (Lipinski definition) is 2. The quantitative estimate of drug-likeness (QED) is 0.650. The van der Waals surface area contributed by atoms with E-state index in [1.807, 2.05) is 0 Å². The molecule has 1 aliphatic heterocycles. The minimum absolute atomic E-state index is 0.0355. The lowest BCUT2D eigenvalue weighted by atomic mass is 10.1. The molecule has 4 rings (SSSR count). The van der Waals surface area contributed by atoms with Crippen molar-refractivity contribution in [1.29, 1.82) is 0 Å². The standard InChI is InChI=1S/C20H13F3N2O5/c21-20(22,23)13-9-11(24-19(27)16-5-2-8-28-16)6-7-14(13)25-18(26)12-3-1-4-15-17(12)30-10-29-15/h1-9H,10H2,(H,24,27)(H,25,26). The van der Waals surface area contributed by atoms with Crippen LogP contribution in [0, 0.1) is 0 Å². The molecule has 0 bridgehead atoms. The Morgan fingerprint density at radius 3 is 2.50 bits per heavy atom. The number of amides is 2. The maximum atomic E-state index is 13.6. The molecule has 154 valence electrons. The van der Waals surface area contributed by atoms with Gasteiger partial charge in [-0.25, -0.2) is 0 Å². The van der Waals surface area contributed by atoms with Gasteiger partial charge in [0.1, 0.15) is 0 Å². The lowest BCUT2D eigenvalue weighted by Crippen LogP contribution is -2.18. The average molecular weight is 418 g/mol. The first-order valence-electron chi connectivity index (χ1n) is 8.59. The van der Waals surface area contributed by atoms with Crippen molar-refractivity contribution in [1.82, 2.24) is 0 Å². The molecule has 1 aliphatic rings. The Morgan fingerprint density at radius 1 is 0.933 bits per heavy atom.